The summed E-state index contributed by atoms with van der Waals surface area (Å²) in [6.45, 7) is 2.08. The standard InChI is InChI=1S/C27H29N3OS/c1-17-6-8-21(9-7-17)25-28-23-5-3-2-4-22(23)26(29-25)32-16-24(31)30-27-13-18-10-19(14-27)12-20(11-18)15-27/h2-9,18-20H,10-16H2,1H3,(H,30,31). The maximum absolute atomic E-state index is 13.1. The fourth-order valence-corrected chi connectivity index (χ4v) is 7.54. The molecule has 1 aromatic heterocycles. The molecule has 4 aliphatic carbocycles. The van der Waals surface area contributed by atoms with Crippen molar-refractivity contribution in [3.05, 3.63) is 54.1 Å². The van der Waals surface area contributed by atoms with Crippen molar-refractivity contribution < 1.29 is 4.79 Å². The highest BCUT2D eigenvalue weighted by atomic mass is 32.2. The SMILES string of the molecule is Cc1ccc(-c2nc(SCC(=O)NC34CC5CC(CC(C5)C3)C4)c3ccccc3n2)cc1. The Bertz CT molecular complexity index is 1140. The summed E-state index contributed by atoms with van der Waals surface area (Å²) in [5.74, 6) is 3.76. The fourth-order valence-electron chi connectivity index (χ4n) is 6.72. The zero-order chi connectivity index (χ0) is 21.7. The Morgan fingerprint density at radius 3 is 2.31 bits per heavy atom. The number of fused-ring (bicyclic) bond motifs is 1. The summed E-state index contributed by atoms with van der Waals surface area (Å²) in [6.07, 6.45) is 7.71. The van der Waals surface area contributed by atoms with Crippen molar-refractivity contribution in [1.29, 1.82) is 0 Å². The van der Waals surface area contributed by atoms with E-state index in [1.165, 1.54) is 55.9 Å². The van der Waals surface area contributed by atoms with E-state index in [4.69, 9.17) is 9.97 Å². The topological polar surface area (TPSA) is 54.9 Å². The van der Waals surface area contributed by atoms with Crippen molar-refractivity contribution in [2.24, 2.45) is 17.8 Å². The lowest BCUT2D eigenvalue weighted by atomic mass is 9.53. The third-order valence-corrected chi connectivity index (χ3v) is 8.65. The van der Waals surface area contributed by atoms with Crippen LogP contribution in [-0.2, 0) is 4.79 Å². The van der Waals surface area contributed by atoms with Gasteiger partial charge in [0.1, 0.15) is 5.03 Å². The number of hydrogen-bond donors (Lipinski definition) is 1. The fraction of sp³-hybridized carbons (Fsp3) is 0.444. The molecule has 4 fully saturated rings. The largest absolute Gasteiger partial charge is 0.350 e. The number of nitrogens with zero attached hydrogens (tertiary/aromatic N) is 2. The number of carbonyl (C=O) groups is 1. The highest BCUT2D eigenvalue weighted by Gasteiger charge is 2.51. The number of benzene rings is 2. The first-order valence-corrected chi connectivity index (χ1v) is 12.8. The molecule has 0 radical (unpaired) electrons. The molecule has 1 heterocycles. The Hall–Kier alpha value is -2.40. The molecule has 3 aromatic rings. The number of thioether (sulfide) groups is 1. The molecule has 32 heavy (non-hydrogen) atoms. The van der Waals surface area contributed by atoms with Gasteiger partial charge in [-0.1, -0.05) is 59.8 Å². The molecule has 1 amide bonds. The van der Waals surface area contributed by atoms with E-state index >= 15 is 0 Å². The van der Waals surface area contributed by atoms with Gasteiger partial charge in [0.05, 0.1) is 11.3 Å². The van der Waals surface area contributed by atoms with E-state index in [9.17, 15) is 4.79 Å². The summed E-state index contributed by atoms with van der Waals surface area (Å²) in [4.78, 5) is 22.7. The first-order valence-electron chi connectivity index (χ1n) is 11.8. The minimum Gasteiger partial charge on any atom is -0.350 e. The van der Waals surface area contributed by atoms with Gasteiger partial charge in [-0.05, 0) is 69.3 Å². The molecule has 5 heteroatoms. The van der Waals surface area contributed by atoms with Crippen molar-refractivity contribution in [3.8, 4) is 11.4 Å². The minimum atomic E-state index is 0.0627. The molecule has 4 aliphatic rings. The van der Waals surface area contributed by atoms with Crippen molar-refractivity contribution in [3.63, 3.8) is 0 Å². The van der Waals surface area contributed by atoms with Crippen LogP contribution in [0.15, 0.2) is 53.6 Å². The van der Waals surface area contributed by atoms with Gasteiger partial charge in [0.2, 0.25) is 5.91 Å². The van der Waals surface area contributed by atoms with Crippen LogP contribution < -0.4 is 5.32 Å². The van der Waals surface area contributed by atoms with Crippen LogP contribution in [-0.4, -0.2) is 27.2 Å². The highest BCUT2D eigenvalue weighted by Crippen LogP contribution is 2.55. The van der Waals surface area contributed by atoms with Gasteiger partial charge >= 0.3 is 0 Å². The first-order chi connectivity index (χ1) is 15.6. The lowest BCUT2D eigenvalue weighted by molar-refractivity contribution is -0.124. The molecule has 0 aliphatic heterocycles. The van der Waals surface area contributed by atoms with Crippen molar-refractivity contribution in [2.75, 3.05) is 5.75 Å². The number of carbonyl (C=O) groups excluding carboxylic acids is 1. The molecular formula is C27H29N3OS. The van der Waals surface area contributed by atoms with Crippen LogP contribution in [0.3, 0.4) is 0 Å². The van der Waals surface area contributed by atoms with Gasteiger partial charge in [0, 0.05) is 16.5 Å². The first kappa shape index (κ1) is 20.2. The maximum Gasteiger partial charge on any atom is 0.230 e. The van der Waals surface area contributed by atoms with Gasteiger partial charge in [-0.25, -0.2) is 9.97 Å². The number of aromatic nitrogens is 2. The van der Waals surface area contributed by atoms with Crippen LogP contribution in [0.4, 0.5) is 0 Å². The summed E-state index contributed by atoms with van der Waals surface area (Å²) in [5.41, 5.74) is 3.20. The second-order valence-electron chi connectivity index (χ2n) is 10.3. The van der Waals surface area contributed by atoms with Crippen LogP contribution in [0, 0.1) is 24.7 Å². The summed E-state index contributed by atoms with van der Waals surface area (Å²) >= 11 is 1.54. The molecule has 4 nitrogen and oxygen atoms in total. The second kappa shape index (κ2) is 7.87. The second-order valence-corrected chi connectivity index (χ2v) is 11.2. The van der Waals surface area contributed by atoms with Crippen LogP contribution in [0.2, 0.25) is 0 Å². The smallest absolute Gasteiger partial charge is 0.230 e. The van der Waals surface area contributed by atoms with E-state index in [0.717, 1.165) is 39.2 Å². The minimum absolute atomic E-state index is 0.0627. The van der Waals surface area contributed by atoms with E-state index in [1.807, 2.05) is 24.3 Å². The van der Waals surface area contributed by atoms with E-state index in [2.05, 4.69) is 36.5 Å². The molecule has 4 saturated carbocycles. The summed E-state index contributed by atoms with van der Waals surface area (Å²) in [7, 11) is 0. The highest BCUT2D eigenvalue weighted by molar-refractivity contribution is 8.00. The van der Waals surface area contributed by atoms with Crippen LogP contribution in [0.25, 0.3) is 22.3 Å². The number of rotatable bonds is 5. The maximum atomic E-state index is 13.1. The van der Waals surface area contributed by atoms with E-state index in [-0.39, 0.29) is 11.4 Å². The zero-order valence-corrected chi connectivity index (χ0v) is 19.3. The quantitative estimate of drug-likeness (QED) is 0.401. The summed E-state index contributed by atoms with van der Waals surface area (Å²) in [6, 6.07) is 16.4. The van der Waals surface area contributed by atoms with Gasteiger partial charge in [-0.15, -0.1) is 0 Å². The van der Waals surface area contributed by atoms with Crippen molar-refractivity contribution in [1.82, 2.24) is 15.3 Å². The summed E-state index contributed by atoms with van der Waals surface area (Å²) < 4.78 is 0. The summed E-state index contributed by atoms with van der Waals surface area (Å²) in [5, 5.41) is 5.38. The predicted octanol–water partition coefficient (Wildman–Crippen LogP) is 5.78. The zero-order valence-electron chi connectivity index (χ0n) is 18.5. The van der Waals surface area contributed by atoms with Gasteiger partial charge in [-0.2, -0.15) is 0 Å². The number of aryl methyl sites for hydroxylation is 1. The van der Waals surface area contributed by atoms with Crippen LogP contribution in [0.5, 0.6) is 0 Å². The van der Waals surface area contributed by atoms with Crippen LogP contribution in [0.1, 0.15) is 44.1 Å². The van der Waals surface area contributed by atoms with E-state index in [0.29, 0.717) is 11.6 Å². The molecule has 4 bridgehead atoms. The average Bonchev–Trinajstić information content (AvgIpc) is 2.76. The third-order valence-electron chi connectivity index (χ3n) is 7.66. The average molecular weight is 444 g/mol. The molecule has 2 aromatic carbocycles. The molecule has 1 N–H and O–H groups in total. The molecule has 0 unspecified atom stereocenters. The van der Waals surface area contributed by atoms with E-state index in [1.54, 1.807) is 0 Å². The predicted molar refractivity (Wildman–Crippen MR) is 129 cm³/mol. The van der Waals surface area contributed by atoms with Gasteiger partial charge in [0.15, 0.2) is 5.82 Å². The molecule has 164 valence electrons. The Morgan fingerprint density at radius 2 is 1.62 bits per heavy atom. The third kappa shape index (κ3) is 3.81. The Labute approximate surface area is 193 Å². The van der Waals surface area contributed by atoms with Gasteiger partial charge < -0.3 is 5.32 Å². The van der Waals surface area contributed by atoms with Gasteiger partial charge in [-0.3, -0.25) is 4.79 Å². The lowest BCUT2D eigenvalue weighted by Crippen LogP contribution is -2.60. The van der Waals surface area contributed by atoms with Crippen molar-refractivity contribution in [2.45, 2.75) is 56.0 Å². The Kier molecular flexibility index (Phi) is 4.98. The molecule has 0 saturated heterocycles. The molecular weight excluding hydrogens is 414 g/mol. The number of nitrogens with one attached hydrogen (secondary N) is 1. The van der Waals surface area contributed by atoms with E-state index < -0.39 is 0 Å². The lowest BCUT2D eigenvalue weighted by Gasteiger charge is -2.56. The number of hydrogen-bond acceptors (Lipinski definition) is 4. The monoisotopic (exact) mass is 443 g/mol. The molecule has 0 atom stereocenters. The number of amides is 1. The van der Waals surface area contributed by atoms with Crippen LogP contribution >= 0.6 is 11.8 Å². The van der Waals surface area contributed by atoms with Gasteiger partial charge in [0.25, 0.3) is 0 Å². The Balaban J connectivity index is 1.22. The number of para-hydroxylation sites is 1. The molecule has 0 spiro atoms. The molecule has 7 rings (SSSR count). The normalized spacial score (nSPS) is 28.2. The van der Waals surface area contributed by atoms with Crippen molar-refractivity contribution >= 4 is 28.6 Å². The Morgan fingerprint density at radius 1 is 0.969 bits per heavy atom.